The molecule has 192 valence electrons. The quantitative estimate of drug-likeness (QED) is 0.222. The average Bonchev–Trinajstić information content (AvgIpc) is 3.43. The number of aromatic nitrogens is 3. The van der Waals surface area contributed by atoms with E-state index in [0.29, 0.717) is 17.5 Å². The van der Waals surface area contributed by atoms with Crippen molar-refractivity contribution in [3.05, 3.63) is 140 Å². The van der Waals surface area contributed by atoms with E-state index in [1.165, 1.54) is 36.7 Å². The molecule has 0 saturated carbocycles. The molecule has 0 atom stereocenters. The lowest BCUT2D eigenvalue weighted by molar-refractivity contribution is 1.08. The predicted molar refractivity (Wildman–Crippen MR) is 172 cm³/mol. The van der Waals surface area contributed by atoms with Gasteiger partial charge in [-0.3, -0.25) is 0 Å². The summed E-state index contributed by atoms with van der Waals surface area (Å²) < 4.78 is 2.51. The van der Waals surface area contributed by atoms with E-state index in [1.54, 1.807) is 11.3 Å². The van der Waals surface area contributed by atoms with E-state index in [2.05, 4.69) is 115 Å². The second-order valence-corrected chi connectivity index (χ2v) is 11.1. The van der Waals surface area contributed by atoms with Crippen LogP contribution in [0, 0.1) is 0 Å². The van der Waals surface area contributed by atoms with Gasteiger partial charge >= 0.3 is 0 Å². The first-order valence-corrected chi connectivity index (χ1v) is 14.4. The summed E-state index contributed by atoms with van der Waals surface area (Å²) in [5, 5.41) is 4.83. The van der Waals surface area contributed by atoms with Crippen molar-refractivity contribution in [1.82, 2.24) is 15.0 Å². The fourth-order valence-electron chi connectivity index (χ4n) is 5.58. The molecule has 0 spiro atoms. The van der Waals surface area contributed by atoms with Crippen molar-refractivity contribution in [2.75, 3.05) is 0 Å². The lowest BCUT2D eigenvalue weighted by atomic mass is 9.95. The van der Waals surface area contributed by atoms with E-state index in [4.69, 9.17) is 15.0 Å². The van der Waals surface area contributed by atoms with Gasteiger partial charge in [-0.15, -0.1) is 11.3 Å². The Kier molecular flexibility index (Phi) is 5.64. The summed E-state index contributed by atoms with van der Waals surface area (Å²) in [5.74, 6) is 2.00. The third-order valence-corrected chi connectivity index (χ3v) is 8.69. The van der Waals surface area contributed by atoms with Crippen molar-refractivity contribution in [2.45, 2.75) is 0 Å². The Hall–Kier alpha value is -5.19. The van der Waals surface area contributed by atoms with Gasteiger partial charge in [-0.25, -0.2) is 15.0 Å². The number of benzene rings is 6. The van der Waals surface area contributed by atoms with Gasteiger partial charge in [0.2, 0.25) is 0 Å². The molecule has 0 amide bonds. The second kappa shape index (κ2) is 9.77. The topological polar surface area (TPSA) is 38.7 Å². The van der Waals surface area contributed by atoms with Gasteiger partial charge in [0.1, 0.15) is 0 Å². The molecule has 2 aromatic heterocycles. The Bertz CT molecular complexity index is 2200. The molecule has 0 bridgehead atoms. The summed E-state index contributed by atoms with van der Waals surface area (Å²) in [6.45, 7) is 0. The molecule has 6 aromatic carbocycles. The van der Waals surface area contributed by atoms with E-state index < -0.39 is 0 Å². The molecule has 0 fully saturated rings. The summed E-state index contributed by atoms with van der Waals surface area (Å²) in [6.07, 6.45) is 0. The van der Waals surface area contributed by atoms with Gasteiger partial charge in [-0.2, -0.15) is 0 Å². The molecule has 8 rings (SSSR count). The van der Waals surface area contributed by atoms with Gasteiger partial charge in [0.25, 0.3) is 0 Å². The molecule has 0 aliphatic rings. The van der Waals surface area contributed by atoms with Crippen molar-refractivity contribution in [3.8, 4) is 45.3 Å². The second-order valence-electron chi connectivity index (χ2n) is 10.1. The Morgan fingerprint density at radius 1 is 0.341 bits per heavy atom. The van der Waals surface area contributed by atoms with Gasteiger partial charge in [-0.05, 0) is 34.0 Å². The molecular weight excluding hydrogens is 518 g/mol. The molecule has 0 saturated heterocycles. The molecule has 4 heteroatoms. The van der Waals surface area contributed by atoms with Crippen LogP contribution < -0.4 is 0 Å². The first-order chi connectivity index (χ1) is 20.3. The predicted octanol–water partition coefficient (Wildman–Crippen LogP) is 10.1. The molecule has 2 heterocycles. The highest BCUT2D eigenvalue weighted by Crippen LogP contribution is 2.37. The average molecular weight is 542 g/mol. The first-order valence-electron chi connectivity index (χ1n) is 13.6. The van der Waals surface area contributed by atoms with Gasteiger partial charge in [0.15, 0.2) is 17.5 Å². The number of hydrogen-bond acceptors (Lipinski definition) is 4. The molecule has 0 aliphatic heterocycles. The highest BCUT2D eigenvalue weighted by atomic mass is 32.1. The van der Waals surface area contributed by atoms with E-state index in [1.807, 2.05) is 24.3 Å². The Morgan fingerprint density at radius 3 is 1.68 bits per heavy atom. The summed E-state index contributed by atoms with van der Waals surface area (Å²) >= 11 is 1.80. The number of thiophene rings is 1. The minimum Gasteiger partial charge on any atom is -0.208 e. The first kappa shape index (κ1) is 23.7. The number of hydrogen-bond donors (Lipinski definition) is 0. The number of nitrogens with zero attached hydrogens (tertiary/aromatic N) is 3. The monoisotopic (exact) mass is 541 g/mol. The van der Waals surface area contributed by atoms with Crippen LogP contribution in [0.2, 0.25) is 0 Å². The maximum absolute atomic E-state index is 5.10. The van der Waals surface area contributed by atoms with E-state index in [0.717, 1.165) is 22.1 Å². The van der Waals surface area contributed by atoms with Crippen molar-refractivity contribution >= 4 is 42.3 Å². The van der Waals surface area contributed by atoms with Gasteiger partial charge in [0, 0.05) is 36.9 Å². The van der Waals surface area contributed by atoms with Crippen molar-refractivity contribution in [2.24, 2.45) is 0 Å². The normalized spacial score (nSPS) is 11.4. The smallest absolute Gasteiger partial charge is 0.164 e. The van der Waals surface area contributed by atoms with Crippen molar-refractivity contribution < 1.29 is 0 Å². The van der Waals surface area contributed by atoms with E-state index in [-0.39, 0.29) is 0 Å². The summed E-state index contributed by atoms with van der Waals surface area (Å²) in [6, 6.07) is 48.6. The summed E-state index contributed by atoms with van der Waals surface area (Å²) in [7, 11) is 0. The Morgan fingerprint density at radius 2 is 0.902 bits per heavy atom. The third-order valence-electron chi connectivity index (χ3n) is 7.55. The highest BCUT2D eigenvalue weighted by Gasteiger charge is 2.16. The standard InChI is InChI=1S/C37H23N3S/c1-3-11-24(12-4-1)27-16-9-18-29-28(27)17-10-19-32(29)37-39-35(25-13-5-2-6-14-25)38-36(40-37)26-21-22-31-30-15-7-8-20-33(30)41-34(31)23-26/h1-23H. The largest absolute Gasteiger partial charge is 0.208 e. The van der Waals surface area contributed by atoms with Crippen LogP contribution in [0.15, 0.2) is 140 Å². The lowest BCUT2D eigenvalue weighted by Gasteiger charge is -2.12. The van der Waals surface area contributed by atoms with Crippen LogP contribution in [-0.4, -0.2) is 15.0 Å². The summed E-state index contributed by atoms with van der Waals surface area (Å²) in [4.78, 5) is 15.1. The van der Waals surface area contributed by atoms with Crippen LogP contribution in [-0.2, 0) is 0 Å². The SMILES string of the molecule is c1ccc(-c2nc(-c3ccc4c(c3)sc3ccccc34)nc(-c3cccc4c(-c5ccccc5)cccc34)n2)cc1. The maximum atomic E-state index is 5.10. The minimum atomic E-state index is 0.665. The molecule has 41 heavy (non-hydrogen) atoms. The molecule has 0 unspecified atom stereocenters. The molecule has 0 aliphatic carbocycles. The van der Waals surface area contributed by atoms with Gasteiger partial charge in [0.05, 0.1) is 0 Å². The zero-order valence-corrected chi connectivity index (χ0v) is 22.8. The van der Waals surface area contributed by atoms with Crippen LogP contribution in [0.4, 0.5) is 0 Å². The van der Waals surface area contributed by atoms with Gasteiger partial charge < -0.3 is 0 Å². The van der Waals surface area contributed by atoms with Gasteiger partial charge in [-0.1, -0.05) is 127 Å². The zero-order valence-electron chi connectivity index (χ0n) is 22.0. The zero-order chi connectivity index (χ0) is 27.2. The molecule has 3 nitrogen and oxygen atoms in total. The van der Waals surface area contributed by atoms with E-state index >= 15 is 0 Å². The van der Waals surface area contributed by atoms with Crippen molar-refractivity contribution in [1.29, 1.82) is 0 Å². The highest BCUT2D eigenvalue weighted by molar-refractivity contribution is 7.25. The lowest BCUT2D eigenvalue weighted by Crippen LogP contribution is -2.00. The molecule has 8 aromatic rings. The Balaban J connectivity index is 1.35. The van der Waals surface area contributed by atoms with Crippen LogP contribution >= 0.6 is 11.3 Å². The molecule has 0 N–H and O–H groups in total. The minimum absolute atomic E-state index is 0.665. The molecular formula is C37H23N3S. The van der Waals surface area contributed by atoms with E-state index in [9.17, 15) is 0 Å². The number of fused-ring (bicyclic) bond motifs is 4. The van der Waals surface area contributed by atoms with Crippen LogP contribution in [0.1, 0.15) is 0 Å². The van der Waals surface area contributed by atoms with Crippen LogP contribution in [0.3, 0.4) is 0 Å². The maximum Gasteiger partial charge on any atom is 0.164 e. The Labute approximate surface area is 241 Å². The fraction of sp³-hybridized carbons (Fsp3) is 0. The van der Waals surface area contributed by atoms with Crippen molar-refractivity contribution in [3.63, 3.8) is 0 Å². The van der Waals surface area contributed by atoms with Crippen LogP contribution in [0.25, 0.3) is 76.2 Å². The number of rotatable bonds is 4. The molecule has 0 radical (unpaired) electrons. The third kappa shape index (κ3) is 4.17. The summed E-state index contributed by atoms with van der Waals surface area (Å²) in [5.41, 5.74) is 5.32. The fourth-order valence-corrected chi connectivity index (χ4v) is 6.73. The van der Waals surface area contributed by atoms with Crippen LogP contribution in [0.5, 0.6) is 0 Å².